The van der Waals surface area contributed by atoms with Gasteiger partial charge in [-0.1, -0.05) is 70.4 Å². The standard InChI is InChI=1S/C26H10B8O3/c27-17-14(13-9-5-1-3-7-11(9)24(34(35)36)12-8-4-2-6-10(12)13)15-16-18(28)19(29)21(31)23(33)26(16)37-25(15)22(32)20(17)30/h1-8,35-36H. The second-order valence-corrected chi connectivity index (χ2v) is 9.03. The smallest absolute Gasteiger partial charge is 0.457 e. The Balaban J connectivity index is 1.97. The molecule has 1 heterocycles. The van der Waals surface area contributed by atoms with Gasteiger partial charge >= 0.3 is 7.12 Å². The van der Waals surface area contributed by atoms with E-state index in [1.807, 2.05) is 48.5 Å². The highest BCUT2D eigenvalue weighted by Gasteiger charge is 2.27. The van der Waals surface area contributed by atoms with Gasteiger partial charge in [0.1, 0.15) is 66.1 Å². The molecule has 5 aromatic carbocycles. The maximum atomic E-state index is 10.3. The molecule has 0 amide bonds. The van der Waals surface area contributed by atoms with Gasteiger partial charge in [-0.15, -0.1) is 16.4 Å². The molecule has 0 unspecified atom stereocenters. The third kappa shape index (κ3) is 3.20. The van der Waals surface area contributed by atoms with Crippen LogP contribution in [0.15, 0.2) is 52.9 Å². The molecule has 2 N–H and O–H groups in total. The van der Waals surface area contributed by atoms with Crippen molar-refractivity contribution >= 4 is 149 Å². The maximum absolute atomic E-state index is 10.3. The predicted octanol–water partition coefficient (Wildman–Crippen LogP) is -3.20. The van der Waals surface area contributed by atoms with Crippen molar-refractivity contribution in [3.63, 3.8) is 0 Å². The van der Waals surface area contributed by atoms with E-state index in [1.54, 1.807) is 0 Å². The van der Waals surface area contributed by atoms with E-state index in [2.05, 4.69) is 0 Å². The van der Waals surface area contributed by atoms with Crippen molar-refractivity contribution in [2.45, 2.75) is 0 Å². The van der Waals surface area contributed by atoms with E-state index in [4.69, 9.17) is 59.3 Å². The molecule has 0 fully saturated rings. The molecular weight excluding hydrogens is 447 g/mol. The summed E-state index contributed by atoms with van der Waals surface area (Å²) in [5, 5.41) is 24.2. The van der Waals surface area contributed by atoms with Gasteiger partial charge < -0.3 is 14.5 Å². The van der Waals surface area contributed by atoms with Crippen LogP contribution in [0.4, 0.5) is 0 Å². The fraction of sp³-hybridized carbons (Fsp3) is 0. The van der Waals surface area contributed by atoms with E-state index >= 15 is 0 Å². The average molecular weight is 457 g/mol. The largest absolute Gasteiger partial charge is 0.489 e. The Morgan fingerprint density at radius 1 is 0.486 bits per heavy atom. The van der Waals surface area contributed by atoms with Gasteiger partial charge in [0.2, 0.25) is 0 Å². The summed E-state index contributed by atoms with van der Waals surface area (Å²) in [5.41, 5.74) is 2.95. The number of rotatable bonds is 2. The zero-order chi connectivity index (χ0) is 26.3. The van der Waals surface area contributed by atoms with Crippen LogP contribution in [0.5, 0.6) is 0 Å². The van der Waals surface area contributed by atoms with Crippen LogP contribution in [-0.4, -0.2) is 72.1 Å². The summed E-state index contributed by atoms with van der Waals surface area (Å²) in [7, 11) is 42.8. The van der Waals surface area contributed by atoms with Crippen molar-refractivity contribution in [1.29, 1.82) is 0 Å². The first-order valence-electron chi connectivity index (χ1n) is 11.4. The van der Waals surface area contributed by atoms with Crippen molar-refractivity contribution in [3.8, 4) is 11.1 Å². The third-order valence-electron chi connectivity index (χ3n) is 7.12. The van der Waals surface area contributed by atoms with Crippen molar-refractivity contribution in [2.75, 3.05) is 0 Å². The molecule has 0 spiro atoms. The molecule has 0 atom stereocenters. The summed E-state index contributed by atoms with van der Waals surface area (Å²) in [6.07, 6.45) is 0. The van der Waals surface area contributed by atoms with Crippen LogP contribution in [-0.2, 0) is 0 Å². The first-order valence-corrected chi connectivity index (χ1v) is 11.4. The highest BCUT2D eigenvalue weighted by Crippen LogP contribution is 2.40. The van der Waals surface area contributed by atoms with Gasteiger partial charge in [-0.05, 0) is 38.1 Å². The van der Waals surface area contributed by atoms with E-state index in [9.17, 15) is 10.0 Å². The normalized spacial score (nSPS) is 11.7. The Morgan fingerprint density at radius 2 is 0.919 bits per heavy atom. The van der Waals surface area contributed by atoms with Crippen molar-refractivity contribution in [2.24, 2.45) is 0 Å². The predicted molar refractivity (Wildman–Crippen MR) is 162 cm³/mol. The highest BCUT2D eigenvalue weighted by molar-refractivity contribution is 6.69. The molecular formula is C26H10B8O3. The van der Waals surface area contributed by atoms with Gasteiger partial charge in [-0.2, -0.15) is 0 Å². The fourth-order valence-electron chi connectivity index (χ4n) is 5.36. The first kappa shape index (κ1) is 24.2. The molecule has 6 rings (SSSR count). The van der Waals surface area contributed by atoms with Crippen molar-refractivity contribution < 1.29 is 14.5 Å². The number of hydrogen-bond acceptors (Lipinski definition) is 3. The zero-order valence-corrected chi connectivity index (χ0v) is 19.5. The lowest BCUT2D eigenvalue weighted by molar-refractivity contribution is 0.426. The molecule has 3 nitrogen and oxygen atoms in total. The molecule has 156 valence electrons. The van der Waals surface area contributed by atoms with E-state index in [1.165, 1.54) is 0 Å². The fourth-order valence-corrected chi connectivity index (χ4v) is 5.36. The van der Waals surface area contributed by atoms with Crippen LogP contribution >= 0.6 is 0 Å². The van der Waals surface area contributed by atoms with E-state index < -0.39 is 7.12 Å². The third-order valence-corrected chi connectivity index (χ3v) is 7.12. The zero-order valence-electron chi connectivity index (χ0n) is 19.5. The summed E-state index contributed by atoms with van der Waals surface area (Å²) in [4.78, 5) is 0. The molecule has 0 bridgehead atoms. The highest BCUT2D eigenvalue weighted by atomic mass is 16.4. The first-order chi connectivity index (χ1) is 17.6. The number of furan rings is 1. The van der Waals surface area contributed by atoms with Crippen LogP contribution in [0.3, 0.4) is 0 Å². The van der Waals surface area contributed by atoms with Crippen LogP contribution < -0.4 is 43.7 Å². The van der Waals surface area contributed by atoms with Crippen LogP contribution in [0, 0.1) is 0 Å². The Morgan fingerprint density at radius 3 is 1.43 bits per heavy atom. The van der Waals surface area contributed by atoms with E-state index in [0.717, 1.165) is 0 Å². The van der Waals surface area contributed by atoms with Gasteiger partial charge in [-0.25, -0.2) is 0 Å². The summed E-state index contributed by atoms with van der Waals surface area (Å²) in [6.45, 7) is 0. The molecule has 14 radical (unpaired) electrons. The van der Waals surface area contributed by atoms with Gasteiger partial charge in [0.15, 0.2) is 0 Å². The molecule has 0 aliphatic carbocycles. The topological polar surface area (TPSA) is 53.6 Å². The monoisotopic (exact) mass is 458 g/mol. The summed E-state index contributed by atoms with van der Waals surface area (Å²) >= 11 is 0. The number of benzene rings is 5. The lowest BCUT2D eigenvalue weighted by Gasteiger charge is -2.21. The van der Waals surface area contributed by atoms with Crippen LogP contribution in [0.1, 0.15) is 0 Å². The summed E-state index contributed by atoms with van der Waals surface area (Å²) in [6, 6.07) is 14.7. The SMILES string of the molecule is [B]c1c([B])c([B])c2c(oc3c([B])c([B])c([B])c(-c4c5ccccc5c(B(O)O)c5ccccc45)c32)c1[B]. The van der Waals surface area contributed by atoms with Gasteiger partial charge in [0.25, 0.3) is 0 Å². The summed E-state index contributed by atoms with van der Waals surface area (Å²) in [5.74, 6) is 0. The Hall–Kier alpha value is -3.14. The Bertz CT molecular complexity index is 1890. The lowest BCUT2D eigenvalue weighted by atomic mass is 9.64. The second kappa shape index (κ2) is 8.44. The molecule has 0 aliphatic heterocycles. The van der Waals surface area contributed by atoms with Gasteiger partial charge in [-0.3, -0.25) is 0 Å². The van der Waals surface area contributed by atoms with Crippen LogP contribution in [0.25, 0.3) is 54.6 Å². The van der Waals surface area contributed by atoms with Crippen molar-refractivity contribution in [3.05, 3.63) is 48.5 Å². The second-order valence-electron chi connectivity index (χ2n) is 9.03. The molecule has 0 saturated heterocycles. The molecule has 11 heteroatoms. The lowest BCUT2D eigenvalue weighted by Crippen LogP contribution is -2.47. The molecule has 1 aromatic heterocycles. The maximum Gasteiger partial charge on any atom is 0.489 e. The minimum Gasteiger partial charge on any atom is -0.457 e. The van der Waals surface area contributed by atoms with E-state index in [0.29, 0.717) is 48.9 Å². The number of hydrogen-bond donors (Lipinski definition) is 2. The van der Waals surface area contributed by atoms with Crippen LogP contribution in [0.2, 0.25) is 0 Å². The summed E-state index contributed by atoms with van der Waals surface area (Å²) < 4.78 is 6.13. The number of fused-ring (bicyclic) bond motifs is 5. The molecule has 37 heavy (non-hydrogen) atoms. The van der Waals surface area contributed by atoms with Gasteiger partial charge in [0, 0.05) is 10.8 Å². The quantitative estimate of drug-likeness (QED) is 0.213. The van der Waals surface area contributed by atoms with E-state index in [-0.39, 0.29) is 49.4 Å². The minimum absolute atomic E-state index is 0.0994. The molecule has 6 aromatic rings. The Labute approximate surface area is 223 Å². The average Bonchev–Trinajstić information content (AvgIpc) is 3.29. The van der Waals surface area contributed by atoms with Gasteiger partial charge in [0.05, 0.1) is 0 Å². The molecule has 0 aliphatic rings. The van der Waals surface area contributed by atoms with Crippen molar-refractivity contribution in [1.82, 2.24) is 0 Å². The molecule has 0 saturated carbocycles. The minimum atomic E-state index is -1.72. The Kier molecular flexibility index (Phi) is 5.52.